The first-order chi connectivity index (χ1) is 4.99. The van der Waals surface area contributed by atoms with E-state index in [1.54, 1.807) is 11.8 Å². The second-order valence-corrected chi connectivity index (χ2v) is 3.70. The van der Waals surface area contributed by atoms with Gasteiger partial charge >= 0.3 is 0 Å². The predicted molar refractivity (Wildman–Crippen MR) is 43.8 cm³/mol. The minimum atomic E-state index is -0.000000000000000666. The summed E-state index contributed by atoms with van der Waals surface area (Å²) in [6, 6.07) is -0.000000000000000666. The standard InChI is InChI=1S/C9H13NO/c1-5-8-9(3,4)6-10(8)7(2)11/h1,8H,6H2,2-4H3. The van der Waals surface area contributed by atoms with E-state index in [0.717, 1.165) is 6.54 Å². The smallest absolute Gasteiger partial charge is 0.220 e. The van der Waals surface area contributed by atoms with Gasteiger partial charge in [-0.1, -0.05) is 19.8 Å². The van der Waals surface area contributed by atoms with Gasteiger partial charge in [0.05, 0.1) is 6.04 Å². The lowest BCUT2D eigenvalue weighted by molar-refractivity contribution is -0.143. The summed E-state index contributed by atoms with van der Waals surface area (Å²) in [6.07, 6.45) is 5.29. The van der Waals surface area contributed by atoms with Gasteiger partial charge in [-0.25, -0.2) is 0 Å². The molecule has 11 heavy (non-hydrogen) atoms. The summed E-state index contributed by atoms with van der Waals surface area (Å²) in [6.45, 7) is 6.50. The van der Waals surface area contributed by atoms with Gasteiger partial charge in [0.25, 0.3) is 0 Å². The van der Waals surface area contributed by atoms with Gasteiger partial charge in [-0.2, -0.15) is 0 Å². The van der Waals surface area contributed by atoms with Gasteiger partial charge in [0.2, 0.25) is 5.91 Å². The Kier molecular flexibility index (Phi) is 1.67. The van der Waals surface area contributed by atoms with Crippen LogP contribution in [0.3, 0.4) is 0 Å². The molecular weight excluding hydrogens is 138 g/mol. The molecule has 0 spiro atoms. The largest absolute Gasteiger partial charge is 0.328 e. The summed E-state index contributed by atoms with van der Waals surface area (Å²) < 4.78 is 0. The van der Waals surface area contributed by atoms with Gasteiger partial charge < -0.3 is 4.90 Å². The number of carbonyl (C=O) groups excluding carboxylic acids is 1. The van der Waals surface area contributed by atoms with Crippen LogP contribution >= 0.6 is 0 Å². The van der Waals surface area contributed by atoms with Crippen molar-refractivity contribution in [3.8, 4) is 12.3 Å². The Hall–Kier alpha value is -0.970. The molecule has 2 nitrogen and oxygen atoms in total. The maximum Gasteiger partial charge on any atom is 0.220 e. The summed E-state index contributed by atoms with van der Waals surface area (Å²) >= 11 is 0. The second kappa shape index (κ2) is 2.27. The molecule has 1 unspecified atom stereocenters. The van der Waals surface area contributed by atoms with Crippen LogP contribution in [0.5, 0.6) is 0 Å². The Morgan fingerprint density at radius 3 is 2.45 bits per heavy atom. The van der Waals surface area contributed by atoms with Crippen molar-refractivity contribution in [2.45, 2.75) is 26.8 Å². The number of hydrogen-bond acceptors (Lipinski definition) is 1. The van der Waals surface area contributed by atoms with Crippen LogP contribution < -0.4 is 0 Å². The molecule has 1 rings (SSSR count). The normalized spacial score (nSPS) is 27.1. The highest BCUT2D eigenvalue weighted by atomic mass is 16.2. The van der Waals surface area contributed by atoms with Crippen LogP contribution in [0.2, 0.25) is 0 Å². The molecular formula is C9H13NO. The summed E-state index contributed by atoms with van der Waals surface area (Å²) in [5, 5.41) is 0. The van der Waals surface area contributed by atoms with Gasteiger partial charge in [0.15, 0.2) is 0 Å². The van der Waals surface area contributed by atoms with E-state index >= 15 is 0 Å². The van der Waals surface area contributed by atoms with E-state index in [9.17, 15) is 4.79 Å². The van der Waals surface area contributed by atoms with Crippen LogP contribution in [0.1, 0.15) is 20.8 Å². The minimum Gasteiger partial charge on any atom is -0.328 e. The molecule has 0 radical (unpaired) electrons. The lowest BCUT2D eigenvalue weighted by Gasteiger charge is -2.51. The highest BCUT2D eigenvalue weighted by Gasteiger charge is 2.45. The lowest BCUT2D eigenvalue weighted by Crippen LogP contribution is -2.62. The molecule has 0 aromatic carbocycles. The third-order valence-corrected chi connectivity index (χ3v) is 2.19. The molecule has 0 saturated carbocycles. The van der Waals surface area contributed by atoms with Crippen molar-refractivity contribution in [3.63, 3.8) is 0 Å². The molecule has 0 aromatic heterocycles. The molecule has 1 fully saturated rings. The van der Waals surface area contributed by atoms with Crippen LogP contribution in [0.25, 0.3) is 0 Å². The van der Waals surface area contributed by atoms with Gasteiger partial charge in [-0.05, 0) is 0 Å². The summed E-state index contributed by atoms with van der Waals surface area (Å²) in [5.41, 5.74) is 0.112. The molecule has 1 saturated heterocycles. The van der Waals surface area contributed by atoms with Crippen LogP contribution in [0.15, 0.2) is 0 Å². The fraction of sp³-hybridized carbons (Fsp3) is 0.667. The van der Waals surface area contributed by atoms with E-state index in [4.69, 9.17) is 6.42 Å². The van der Waals surface area contributed by atoms with Crippen molar-refractivity contribution in [1.82, 2.24) is 4.90 Å². The van der Waals surface area contributed by atoms with Gasteiger partial charge in [0, 0.05) is 18.9 Å². The average Bonchev–Trinajstić information content (AvgIpc) is 1.84. The zero-order valence-corrected chi connectivity index (χ0v) is 7.22. The molecule has 0 bridgehead atoms. The fourth-order valence-corrected chi connectivity index (χ4v) is 1.53. The maximum absolute atomic E-state index is 10.9. The van der Waals surface area contributed by atoms with Gasteiger partial charge in [0.1, 0.15) is 0 Å². The first-order valence-electron chi connectivity index (χ1n) is 3.72. The van der Waals surface area contributed by atoms with E-state index in [2.05, 4.69) is 19.8 Å². The monoisotopic (exact) mass is 151 g/mol. The molecule has 1 aliphatic rings. The quantitative estimate of drug-likeness (QED) is 0.470. The first kappa shape index (κ1) is 8.13. The molecule has 2 heteroatoms. The summed E-state index contributed by atoms with van der Waals surface area (Å²) in [5.74, 6) is 2.70. The van der Waals surface area contributed by atoms with E-state index in [-0.39, 0.29) is 17.4 Å². The highest BCUT2D eigenvalue weighted by molar-refractivity contribution is 5.75. The van der Waals surface area contributed by atoms with Gasteiger partial charge in [-0.3, -0.25) is 4.79 Å². The van der Waals surface area contributed by atoms with Crippen molar-refractivity contribution in [1.29, 1.82) is 0 Å². The van der Waals surface area contributed by atoms with Crippen LogP contribution in [0, 0.1) is 17.8 Å². The number of amides is 1. The van der Waals surface area contributed by atoms with Gasteiger partial charge in [-0.15, -0.1) is 6.42 Å². The molecule has 1 aliphatic heterocycles. The Morgan fingerprint density at radius 1 is 1.73 bits per heavy atom. The average molecular weight is 151 g/mol. The van der Waals surface area contributed by atoms with Crippen LogP contribution in [0.4, 0.5) is 0 Å². The zero-order chi connectivity index (χ0) is 8.65. The Labute approximate surface area is 67.6 Å². The Morgan fingerprint density at radius 2 is 2.27 bits per heavy atom. The molecule has 0 aliphatic carbocycles. The number of carbonyl (C=O) groups is 1. The number of rotatable bonds is 0. The van der Waals surface area contributed by atoms with Crippen molar-refractivity contribution in [2.75, 3.05) is 6.54 Å². The number of terminal acetylenes is 1. The topological polar surface area (TPSA) is 20.3 Å². The van der Waals surface area contributed by atoms with E-state index in [1.165, 1.54) is 0 Å². The third-order valence-electron chi connectivity index (χ3n) is 2.19. The van der Waals surface area contributed by atoms with E-state index in [0.29, 0.717) is 0 Å². The van der Waals surface area contributed by atoms with Crippen LogP contribution in [-0.4, -0.2) is 23.4 Å². The van der Waals surface area contributed by atoms with Crippen molar-refractivity contribution >= 4 is 5.91 Å². The van der Waals surface area contributed by atoms with E-state index in [1.807, 2.05) is 0 Å². The number of hydrogen-bond donors (Lipinski definition) is 0. The first-order valence-corrected chi connectivity index (χ1v) is 3.72. The zero-order valence-electron chi connectivity index (χ0n) is 7.22. The fourth-order valence-electron chi connectivity index (χ4n) is 1.53. The highest BCUT2D eigenvalue weighted by Crippen LogP contribution is 2.36. The van der Waals surface area contributed by atoms with Crippen molar-refractivity contribution in [2.24, 2.45) is 5.41 Å². The maximum atomic E-state index is 10.9. The number of likely N-dealkylation sites (tertiary alicyclic amines) is 1. The van der Waals surface area contributed by atoms with E-state index < -0.39 is 0 Å². The third kappa shape index (κ3) is 1.11. The minimum absolute atomic E-state index is 0.000000000000000666. The Balaban J connectivity index is 2.69. The molecule has 1 atom stereocenters. The SMILES string of the molecule is C#CC1N(C(C)=O)CC1(C)C. The predicted octanol–water partition coefficient (Wildman–Crippen LogP) is 0.877. The Bertz CT molecular complexity index is 224. The lowest BCUT2D eigenvalue weighted by atomic mass is 9.75. The van der Waals surface area contributed by atoms with Crippen LogP contribution in [-0.2, 0) is 4.79 Å². The summed E-state index contributed by atoms with van der Waals surface area (Å²) in [7, 11) is 0. The van der Waals surface area contributed by atoms with Crippen molar-refractivity contribution in [3.05, 3.63) is 0 Å². The number of nitrogens with zero attached hydrogens (tertiary/aromatic N) is 1. The molecule has 0 aromatic rings. The molecule has 0 N–H and O–H groups in total. The summed E-state index contributed by atoms with van der Waals surface area (Å²) in [4.78, 5) is 12.6. The molecule has 1 amide bonds. The molecule has 1 heterocycles. The van der Waals surface area contributed by atoms with Crippen molar-refractivity contribution < 1.29 is 4.79 Å². The molecule has 60 valence electrons. The second-order valence-electron chi connectivity index (χ2n) is 3.70.